The standard InChI is InChI=1S/C38H49N3O6/c1-8-21-39(27-15-17-28(18-16-27)46-11-4)35(43)31-30-19-20-38(47-30)32(31)36(44)41(29(23-42)24(5)10-3)34(38)37(45)40(22-9-2)33-25(6)13-12-14-26(33)7/h8-9,12-18,24,29-32,34,42H,1-2,10-11,19-23H2,3-7H3/t24-,29-,30-,31+,32-,34?,38?/m0/s1. The summed E-state index contributed by atoms with van der Waals surface area (Å²) in [5.41, 5.74) is 2.05. The van der Waals surface area contributed by atoms with E-state index in [0.29, 0.717) is 37.3 Å². The fraction of sp³-hybridized carbons (Fsp3) is 0.500. The van der Waals surface area contributed by atoms with Crippen molar-refractivity contribution in [1.82, 2.24) is 4.90 Å². The number of hydrogen-bond donors (Lipinski definition) is 1. The summed E-state index contributed by atoms with van der Waals surface area (Å²) in [5, 5.41) is 10.8. The van der Waals surface area contributed by atoms with E-state index in [-0.39, 0.29) is 43.3 Å². The molecule has 1 spiro atoms. The van der Waals surface area contributed by atoms with Gasteiger partial charge in [0.15, 0.2) is 0 Å². The molecule has 2 bridgehead atoms. The van der Waals surface area contributed by atoms with Crippen LogP contribution in [0.4, 0.5) is 11.4 Å². The SMILES string of the molecule is C=CCN(C(=O)[C@@H]1[C@@H]2CCC3(O2)C(C(=O)N(CC=C)c2c(C)cccc2C)N([C@@H](CO)[C@@H](C)CC)C(=O)[C@H]13)c1ccc(OCC)cc1. The third-order valence-electron chi connectivity index (χ3n) is 10.4. The van der Waals surface area contributed by atoms with Gasteiger partial charge >= 0.3 is 0 Å². The Hall–Kier alpha value is -3.95. The molecule has 5 rings (SSSR count). The van der Waals surface area contributed by atoms with Crippen LogP contribution in [0.15, 0.2) is 67.8 Å². The fourth-order valence-corrected chi connectivity index (χ4v) is 8.14. The monoisotopic (exact) mass is 643 g/mol. The lowest BCUT2D eigenvalue weighted by atomic mass is 9.70. The molecule has 3 saturated heterocycles. The number of fused-ring (bicyclic) bond motifs is 1. The molecular formula is C38H49N3O6. The largest absolute Gasteiger partial charge is 0.494 e. The fourth-order valence-electron chi connectivity index (χ4n) is 8.14. The molecule has 0 aromatic heterocycles. The molecule has 2 aromatic rings. The van der Waals surface area contributed by atoms with Gasteiger partial charge in [-0.3, -0.25) is 14.4 Å². The van der Waals surface area contributed by atoms with Gasteiger partial charge in [0.2, 0.25) is 11.8 Å². The minimum Gasteiger partial charge on any atom is -0.494 e. The van der Waals surface area contributed by atoms with Crippen molar-refractivity contribution in [3.05, 3.63) is 78.9 Å². The number of aliphatic hydroxyl groups excluding tert-OH is 1. The van der Waals surface area contributed by atoms with Gasteiger partial charge in [-0.25, -0.2) is 0 Å². The molecule has 3 aliphatic rings. The van der Waals surface area contributed by atoms with E-state index in [4.69, 9.17) is 9.47 Å². The first kappa shape index (κ1) is 34.4. The number of aliphatic hydroxyl groups is 1. The maximum absolute atomic E-state index is 15.1. The van der Waals surface area contributed by atoms with Gasteiger partial charge in [0, 0.05) is 24.5 Å². The average Bonchev–Trinajstić information content (AvgIpc) is 3.71. The van der Waals surface area contributed by atoms with Crippen LogP contribution in [-0.4, -0.2) is 77.8 Å². The summed E-state index contributed by atoms with van der Waals surface area (Å²) in [5.74, 6) is -1.92. The van der Waals surface area contributed by atoms with E-state index in [9.17, 15) is 14.7 Å². The highest BCUT2D eigenvalue weighted by molar-refractivity contribution is 6.07. The van der Waals surface area contributed by atoms with Gasteiger partial charge in [-0.15, -0.1) is 13.2 Å². The second kappa shape index (κ2) is 14.0. The van der Waals surface area contributed by atoms with E-state index in [1.165, 1.54) is 0 Å². The van der Waals surface area contributed by atoms with E-state index in [1.54, 1.807) is 26.9 Å². The highest BCUT2D eigenvalue weighted by Gasteiger charge is 2.75. The molecule has 3 aliphatic heterocycles. The number of nitrogens with zero attached hydrogens (tertiary/aromatic N) is 3. The van der Waals surface area contributed by atoms with Crippen LogP contribution in [0.1, 0.15) is 51.2 Å². The number of likely N-dealkylation sites (tertiary alicyclic amines) is 1. The van der Waals surface area contributed by atoms with Gasteiger partial charge in [0.05, 0.1) is 37.2 Å². The van der Waals surface area contributed by atoms with Crippen molar-refractivity contribution in [2.24, 2.45) is 17.8 Å². The number of ether oxygens (including phenoxy) is 2. The molecular weight excluding hydrogens is 594 g/mol. The first-order chi connectivity index (χ1) is 22.6. The van der Waals surface area contributed by atoms with E-state index in [2.05, 4.69) is 13.2 Å². The summed E-state index contributed by atoms with van der Waals surface area (Å²) in [6.07, 6.45) is 4.52. The molecule has 1 N–H and O–H groups in total. The molecule has 0 aliphatic carbocycles. The topological polar surface area (TPSA) is 99.6 Å². The Kier molecular flexibility index (Phi) is 10.3. The van der Waals surface area contributed by atoms with Crippen LogP contribution in [0.25, 0.3) is 0 Å². The molecule has 2 unspecified atom stereocenters. The summed E-state index contributed by atoms with van der Waals surface area (Å²) >= 11 is 0. The van der Waals surface area contributed by atoms with E-state index in [1.807, 2.05) is 77.1 Å². The van der Waals surface area contributed by atoms with E-state index in [0.717, 1.165) is 16.8 Å². The van der Waals surface area contributed by atoms with Crippen LogP contribution in [0, 0.1) is 31.6 Å². The van der Waals surface area contributed by atoms with Crippen molar-refractivity contribution in [3.8, 4) is 5.75 Å². The number of rotatable bonds is 14. The third-order valence-corrected chi connectivity index (χ3v) is 10.4. The zero-order chi connectivity index (χ0) is 34.0. The van der Waals surface area contributed by atoms with Crippen molar-refractivity contribution in [3.63, 3.8) is 0 Å². The zero-order valence-corrected chi connectivity index (χ0v) is 28.4. The maximum atomic E-state index is 15.1. The van der Waals surface area contributed by atoms with Gasteiger partial charge in [0.1, 0.15) is 17.4 Å². The number of hydrogen-bond acceptors (Lipinski definition) is 6. The lowest BCUT2D eigenvalue weighted by molar-refractivity contribution is -0.145. The number of carbonyl (C=O) groups is 3. The van der Waals surface area contributed by atoms with Crippen LogP contribution in [-0.2, 0) is 19.1 Å². The summed E-state index contributed by atoms with van der Waals surface area (Å²) in [7, 11) is 0. The quantitative estimate of drug-likeness (QED) is 0.284. The van der Waals surface area contributed by atoms with Gasteiger partial charge in [-0.05, 0) is 74.9 Å². The Morgan fingerprint density at radius 1 is 1.06 bits per heavy atom. The summed E-state index contributed by atoms with van der Waals surface area (Å²) in [6, 6.07) is 11.5. The molecule has 2 aromatic carbocycles. The second-order valence-electron chi connectivity index (χ2n) is 13.1. The van der Waals surface area contributed by atoms with Gasteiger partial charge < -0.3 is 29.3 Å². The van der Waals surface area contributed by atoms with E-state index < -0.39 is 35.6 Å². The Labute approximate surface area is 278 Å². The molecule has 3 amide bonds. The van der Waals surface area contributed by atoms with E-state index >= 15 is 4.79 Å². The van der Waals surface area contributed by atoms with Crippen LogP contribution in [0.3, 0.4) is 0 Å². The molecule has 47 heavy (non-hydrogen) atoms. The number of benzene rings is 2. The summed E-state index contributed by atoms with van der Waals surface area (Å²) < 4.78 is 12.4. The van der Waals surface area contributed by atoms with Crippen molar-refractivity contribution < 1.29 is 29.0 Å². The van der Waals surface area contributed by atoms with Crippen molar-refractivity contribution in [1.29, 1.82) is 0 Å². The molecule has 252 valence electrons. The molecule has 3 heterocycles. The van der Waals surface area contributed by atoms with Crippen LogP contribution >= 0.6 is 0 Å². The summed E-state index contributed by atoms with van der Waals surface area (Å²) in [4.78, 5) is 49.5. The predicted molar refractivity (Wildman–Crippen MR) is 183 cm³/mol. The maximum Gasteiger partial charge on any atom is 0.253 e. The Morgan fingerprint density at radius 3 is 2.28 bits per heavy atom. The van der Waals surface area contributed by atoms with Crippen molar-refractivity contribution in [2.75, 3.05) is 36.1 Å². The summed E-state index contributed by atoms with van der Waals surface area (Å²) in [6.45, 7) is 18.3. The Morgan fingerprint density at radius 2 is 1.70 bits per heavy atom. The number of anilines is 2. The average molecular weight is 644 g/mol. The van der Waals surface area contributed by atoms with Crippen molar-refractivity contribution >= 4 is 29.1 Å². The zero-order valence-electron chi connectivity index (χ0n) is 28.4. The Balaban J connectivity index is 1.61. The number of amides is 3. The van der Waals surface area contributed by atoms with Gasteiger partial charge in [-0.2, -0.15) is 0 Å². The second-order valence-corrected chi connectivity index (χ2v) is 13.1. The number of aryl methyl sites for hydroxylation is 2. The predicted octanol–water partition coefficient (Wildman–Crippen LogP) is 5.22. The molecule has 0 radical (unpaired) electrons. The third kappa shape index (κ3) is 5.78. The lowest BCUT2D eigenvalue weighted by Crippen LogP contribution is -2.60. The molecule has 0 saturated carbocycles. The van der Waals surface area contributed by atoms with Crippen LogP contribution in [0.5, 0.6) is 5.75 Å². The molecule has 9 nitrogen and oxygen atoms in total. The van der Waals surface area contributed by atoms with Crippen LogP contribution in [0.2, 0.25) is 0 Å². The number of carbonyl (C=O) groups excluding carboxylic acids is 3. The lowest BCUT2D eigenvalue weighted by Gasteiger charge is -2.41. The van der Waals surface area contributed by atoms with Crippen LogP contribution < -0.4 is 14.5 Å². The first-order valence-corrected chi connectivity index (χ1v) is 16.8. The van der Waals surface area contributed by atoms with Crippen molar-refractivity contribution in [2.45, 2.75) is 77.7 Å². The molecule has 3 fully saturated rings. The van der Waals surface area contributed by atoms with Gasteiger partial charge in [-0.1, -0.05) is 50.6 Å². The molecule has 9 heteroatoms. The highest BCUT2D eigenvalue weighted by Crippen LogP contribution is 2.60. The first-order valence-electron chi connectivity index (χ1n) is 16.8. The number of para-hydroxylation sites is 1. The normalized spacial score (nSPS) is 25.7. The van der Waals surface area contributed by atoms with Gasteiger partial charge in [0.25, 0.3) is 5.91 Å². The minimum atomic E-state index is -1.21. The smallest absolute Gasteiger partial charge is 0.253 e. The molecule has 7 atom stereocenters. The Bertz CT molecular complexity index is 1490. The minimum absolute atomic E-state index is 0.102. The highest BCUT2D eigenvalue weighted by atomic mass is 16.5.